The highest BCUT2D eigenvalue weighted by Gasteiger charge is 2.22. The normalized spacial score (nSPS) is 13.3. The summed E-state index contributed by atoms with van der Waals surface area (Å²) in [6, 6.07) is 0. The van der Waals surface area contributed by atoms with Crippen LogP contribution < -0.4 is 0 Å². The zero-order chi connectivity index (χ0) is 18.9. The SMILES string of the molecule is CCCCCCCCC(=O)OC(C)C(O)OC(=O)CCCCCCC. The van der Waals surface area contributed by atoms with E-state index in [-0.39, 0.29) is 5.97 Å². The van der Waals surface area contributed by atoms with Gasteiger partial charge in [-0.25, -0.2) is 0 Å². The van der Waals surface area contributed by atoms with Crippen LogP contribution in [0.25, 0.3) is 0 Å². The molecule has 2 atom stereocenters. The zero-order valence-corrected chi connectivity index (χ0v) is 16.4. The molecule has 0 bridgehead atoms. The number of rotatable bonds is 16. The number of hydrogen-bond acceptors (Lipinski definition) is 5. The van der Waals surface area contributed by atoms with Crippen molar-refractivity contribution in [3.05, 3.63) is 0 Å². The number of carbonyl (C=O) groups excluding carboxylic acids is 2. The zero-order valence-electron chi connectivity index (χ0n) is 16.4. The molecule has 0 saturated carbocycles. The van der Waals surface area contributed by atoms with Crippen LogP contribution in [0.3, 0.4) is 0 Å². The maximum atomic E-state index is 11.7. The molecule has 5 heteroatoms. The molecule has 0 aromatic heterocycles. The summed E-state index contributed by atoms with van der Waals surface area (Å²) < 4.78 is 10.1. The minimum Gasteiger partial charge on any atom is -0.456 e. The number of aliphatic hydroxyl groups excluding tert-OH is 1. The van der Waals surface area contributed by atoms with Crippen molar-refractivity contribution in [2.75, 3.05) is 0 Å². The third-order valence-corrected chi connectivity index (χ3v) is 4.19. The first-order chi connectivity index (χ1) is 12.0. The number of unbranched alkanes of at least 4 members (excludes halogenated alkanes) is 9. The van der Waals surface area contributed by atoms with Crippen LogP contribution in [0.5, 0.6) is 0 Å². The number of carbonyl (C=O) groups is 2. The van der Waals surface area contributed by atoms with Gasteiger partial charge >= 0.3 is 11.9 Å². The van der Waals surface area contributed by atoms with Crippen LogP contribution in [0.2, 0.25) is 0 Å². The number of esters is 2. The third-order valence-electron chi connectivity index (χ3n) is 4.19. The molecule has 0 amide bonds. The molecule has 0 aliphatic heterocycles. The van der Waals surface area contributed by atoms with Gasteiger partial charge in [-0.05, 0) is 19.8 Å². The Hall–Kier alpha value is -1.10. The predicted octanol–water partition coefficient (Wildman–Crippen LogP) is 4.89. The smallest absolute Gasteiger partial charge is 0.308 e. The van der Waals surface area contributed by atoms with Crippen LogP contribution in [-0.2, 0) is 19.1 Å². The predicted molar refractivity (Wildman–Crippen MR) is 99.0 cm³/mol. The Bertz CT molecular complexity index is 343. The number of aliphatic hydroxyl groups is 1. The van der Waals surface area contributed by atoms with Crippen molar-refractivity contribution in [3.63, 3.8) is 0 Å². The summed E-state index contributed by atoms with van der Waals surface area (Å²) in [6.45, 7) is 5.85. The molecule has 0 aromatic carbocycles. The molecule has 5 nitrogen and oxygen atoms in total. The fourth-order valence-electron chi connectivity index (χ4n) is 2.54. The van der Waals surface area contributed by atoms with E-state index in [1.807, 2.05) is 0 Å². The molecular formula is C20H38O5. The van der Waals surface area contributed by atoms with E-state index in [4.69, 9.17) is 9.47 Å². The lowest BCUT2D eigenvalue weighted by Gasteiger charge is -2.19. The van der Waals surface area contributed by atoms with E-state index in [0.29, 0.717) is 12.8 Å². The van der Waals surface area contributed by atoms with Crippen LogP contribution in [0.15, 0.2) is 0 Å². The minimum absolute atomic E-state index is 0.291. The molecule has 0 aliphatic rings. The second-order valence-corrected chi connectivity index (χ2v) is 6.76. The molecular weight excluding hydrogens is 320 g/mol. The fraction of sp³-hybridized carbons (Fsp3) is 0.900. The second kappa shape index (κ2) is 16.4. The van der Waals surface area contributed by atoms with Crippen molar-refractivity contribution in [1.29, 1.82) is 0 Å². The maximum Gasteiger partial charge on any atom is 0.308 e. The molecule has 0 fully saturated rings. The van der Waals surface area contributed by atoms with Gasteiger partial charge in [0.1, 0.15) is 0 Å². The molecule has 1 N–H and O–H groups in total. The fourth-order valence-corrected chi connectivity index (χ4v) is 2.54. The average molecular weight is 359 g/mol. The van der Waals surface area contributed by atoms with Gasteiger partial charge in [-0.3, -0.25) is 9.59 Å². The summed E-state index contributed by atoms with van der Waals surface area (Å²) in [5.74, 6) is -0.791. The summed E-state index contributed by atoms with van der Waals surface area (Å²) >= 11 is 0. The Kier molecular flexibility index (Phi) is 15.7. The second-order valence-electron chi connectivity index (χ2n) is 6.76. The van der Waals surface area contributed by atoms with E-state index in [2.05, 4.69) is 13.8 Å². The topological polar surface area (TPSA) is 72.8 Å². The molecule has 0 radical (unpaired) electrons. The summed E-state index contributed by atoms with van der Waals surface area (Å²) in [5, 5.41) is 9.83. The number of ether oxygens (including phenoxy) is 2. The Morgan fingerprint density at radius 3 is 1.60 bits per heavy atom. The lowest BCUT2D eigenvalue weighted by Crippen LogP contribution is -2.32. The monoisotopic (exact) mass is 358 g/mol. The Morgan fingerprint density at radius 1 is 0.720 bits per heavy atom. The van der Waals surface area contributed by atoms with E-state index < -0.39 is 18.4 Å². The Morgan fingerprint density at radius 2 is 1.12 bits per heavy atom. The Labute approximate surface area is 153 Å². The van der Waals surface area contributed by atoms with Crippen molar-refractivity contribution < 1.29 is 24.2 Å². The minimum atomic E-state index is -1.39. The first kappa shape index (κ1) is 23.9. The molecule has 0 rings (SSSR count). The lowest BCUT2D eigenvalue weighted by atomic mass is 10.1. The van der Waals surface area contributed by atoms with E-state index in [1.165, 1.54) is 25.7 Å². The highest BCUT2D eigenvalue weighted by molar-refractivity contribution is 5.70. The number of hydrogen-bond donors (Lipinski definition) is 1. The van der Waals surface area contributed by atoms with E-state index >= 15 is 0 Å². The van der Waals surface area contributed by atoms with Crippen molar-refractivity contribution in [2.24, 2.45) is 0 Å². The molecule has 0 aromatic rings. The van der Waals surface area contributed by atoms with Crippen LogP contribution in [0, 0.1) is 0 Å². The highest BCUT2D eigenvalue weighted by atomic mass is 16.7. The van der Waals surface area contributed by atoms with Gasteiger partial charge in [0.25, 0.3) is 0 Å². The quantitative estimate of drug-likeness (QED) is 0.241. The van der Waals surface area contributed by atoms with E-state index in [0.717, 1.165) is 44.9 Å². The van der Waals surface area contributed by atoms with Gasteiger partial charge in [0, 0.05) is 12.8 Å². The lowest BCUT2D eigenvalue weighted by molar-refractivity contribution is -0.196. The van der Waals surface area contributed by atoms with Gasteiger partial charge in [0.05, 0.1) is 0 Å². The molecule has 0 aliphatic carbocycles. The maximum absolute atomic E-state index is 11.7. The molecule has 0 spiro atoms. The van der Waals surface area contributed by atoms with Crippen LogP contribution in [-0.4, -0.2) is 29.4 Å². The summed E-state index contributed by atoms with van der Waals surface area (Å²) in [7, 11) is 0. The molecule has 2 unspecified atom stereocenters. The summed E-state index contributed by atoms with van der Waals surface area (Å²) in [4.78, 5) is 23.4. The first-order valence-electron chi connectivity index (χ1n) is 10.1. The van der Waals surface area contributed by atoms with Crippen LogP contribution >= 0.6 is 0 Å². The van der Waals surface area contributed by atoms with Crippen molar-refractivity contribution >= 4 is 11.9 Å². The van der Waals surface area contributed by atoms with Gasteiger partial charge < -0.3 is 14.6 Å². The van der Waals surface area contributed by atoms with E-state index in [9.17, 15) is 14.7 Å². The molecule has 0 saturated heterocycles. The summed E-state index contributed by atoms with van der Waals surface area (Å²) in [5.41, 5.74) is 0. The van der Waals surface area contributed by atoms with Gasteiger partial charge in [-0.2, -0.15) is 0 Å². The standard InChI is InChI=1S/C20H38O5/c1-4-6-8-10-12-14-15-18(21)24-17(3)20(23)25-19(22)16-13-11-9-7-5-2/h17,20,23H,4-16H2,1-3H3. The highest BCUT2D eigenvalue weighted by Crippen LogP contribution is 2.11. The molecule has 25 heavy (non-hydrogen) atoms. The van der Waals surface area contributed by atoms with Crippen molar-refractivity contribution in [3.8, 4) is 0 Å². The van der Waals surface area contributed by atoms with Crippen LogP contribution in [0.1, 0.15) is 104 Å². The first-order valence-corrected chi connectivity index (χ1v) is 10.1. The third kappa shape index (κ3) is 14.9. The molecule has 0 heterocycles. The Balaban J connectivity index is 3.76. The van der Waals surface area contributed by atoms with Gasteiger partial charge in [-0.1, -0.05) is 71.6 Å². The van der Waals surface area contributed by atoms with Gasteiger partial charge in [0.2, 0.25) is 6.29 Å². The molecule has 148 valence electrons. The van der Waals surface area contributed by atoms with E-state index in [1.54, 1.807) is 6.92 Å². The average Bonchev–Trinajstić information content (AvgIpc) is 2.57. The largest absolute Gasteiger partial charge is 0.456 e. The van der Waals surface area contributed by atoms with Crippen molar-refractivity contribution in [2.45, 2.75) is 117 Å². The van der Waals surface area contributed by atoms with Gasteiger partial charge in [0.15, 0.2) is 6.10 Å². The summed E-state index contributed by atoms with van der Waals surface area (Å²) in [6.07, 6.45) is 10.2. The van der Waals surface area contributed by atoms with Crippen LogP contribution in [0.4, 0.5) is 0 Å². The van der Waals surface area contributed by atoms with Gasteiger partial charge in [-0.15, -0.1) is 0 Å². The van der Waals surface area contributed by atoms with Crippen molar-refractivity contribution in [1.82, 2.24) is 0 Å².